The number of aromatic carboxylic acids is 1. The molecule has 0 saturated carbocycles. The predicted molar refractivity (Wildman–Crippen MR) is 82.6 cm³/mol. The number of carboxylic acid groups (broad SMARTS) is 1. The smallest absolute Gasteiger partial charge is 0.354 e. The molecule has 0 amide bonds. The summed E-state index contributed by atoms with van der Waals surface area (Å²) in [5.41, 5.74) is 0.0237. The zero-order valence-corrected chi connectivity index (χ0v) is 12.6. The third-order valence-electron chi connectivity index (χ3n) is 2.43. The van der Waals surface area contributed by atoms with E-state index in [1.165, 1.54) is 23.1 Å². The highest BCUT2D eigenvalue weighted by atomic mass is 35.5. The van der Waals surface area contributed by atoms with Gasteiger partial charge in [-0.25, -0.2) is 14.5 Å². The van der Waals surface area contributed by atoms with Gasteiger partial charge < -0.3 is 5.11 Å². The number of carboxylic acids is 1. The number of aromatic nitrogens is 4. The molecule has 112 valence electrons. The van der Waals surface area contributed by atoms with E-state index < -0.39 is 5.97 Å². The Hall–Kier alpha value is -2.44. The highest BCUT2D eigenvalue weighted by molar-refractivity contribution is 6.32. The standard InChI is InChI=1S/C9H6ClN3O2.C5H4ClN/c10-6-2-1-4-11-8(6)13-7(9(14)15)3-5-12-13;6-5-2-1-3-7-4-5/h1-5H,(H,14,15);1-4H. The summed E-state index contributed by atoms with van der Waals surface area (Å²) in [6, 6.07) is 8.25. The lowest BCUT2D eigenvalue weighted by Gasteiger charge is -2.04. The molecule has 0 atom stereocenters. The molecular formula is C14H10Cl2N4O2. The fraction of sp³-hybridized carbons (Fsp3) is 0. The first-order valence-electron chi connectivity index (χ1n) is 6.03. The SMILES string of the molecule is Clc1cccnc1.O=C(O)c1ccnn1-c1ncccc1Cl. The zero-order valence-electron chi connectivity index (χ0n) is 11.1. The number of carbonyl (C=O) groups is 1. The molecule has 3 aromatic heterocycles. The van der Waals surface area contributed by atoms with Crippen LogP contribution in [-0.2, 0) is 0 Å². The fourth-order valence-electron chi connectivity index (χ4n) is 1.51. The molecule has 0 aliphatic carbocycles. The number of hydrogen-bond donors (Lipinski definition) is 1. The molecule has 0 spiro atoms. The Balaban J connectivity index is 0.000000211. The molecule has 22 heavy (non-hydrogen) atoms. The van der Waals surface area contributed by atoms with E-state index in [9.17, 15) is 4.79 Å². The molecule has 0 aliphatic rings. The Bertz CT molecular complexity index is 762. The van der Waals surface area contributed by atoms with Gasteiger partial charge in [-0.05, 0) is 30.3 Å². The summed E-state index contributed by atoms with van der Waals surface area (Å²) in [6.07, 6.45) is 6.19. The first-order chi connectivity index (χ1) is 10.6. The maximum Gasteiger partial charge on any atom is 0.354 e. The van der Waals surface area contributed by atoms with Gasteiger partial charge in [-0.1, -0.05) is 23.2 Å². The molecule has 0 saturated heterocycles. The first-order valence-corrected chi connectivity index (χ1v) is 6.79. The van der Waals surface area contributed by atoms with E-state index in [0.717, 1.165) is 0 Å². The third-order valence-corrected chi connectivity index (χ3v) is 2.95. The van der Waals surface area contributed by atoms with E-state index in [2.05, 4.69) is 15.1 Å². The molecule has 0 bridgehead atoms. The maximum atomic E-state index is 10.8. The van der Waals surface area contributed by atoms with E-state index in [0.29, 0.717) is 15.9 Å². The number of nitrogens with zero attached hydrogens (tertiary/aromatic N) is 4. The monoisotopic (exact) mass is 336 g/mol. The average Bonchev–Trinajstić information content (AvgIpc) is 2.99. The minimum Gasteiger partial charge on any atom is -0.477 e. The van der Waals surface area contributed by atoms with Crippen LogP contribution in [0.25, 0.3) is 5.82 Å². The second-order valence-corrected chi connectivity index (χ2v) is 4.76. The van der Waals surface area contributed by atoms with Gasteiger partial charge in [0.05, 0.1) is 16.2 Å². The van der Waals surface area contributed by atoms with Crippen LogP contribution in [0.1, 0.15) is 10.5 Å². The van der Waals surface area contributed by atoms with Crippen molar-refractivity contribution in [3.63, 3.8) is 0 Å². The first kappa shape index (κ1) is 15.9. The molecule has 6 nitrogen and oxygen atoms in total. The number of pyridine rings is 2. The number of halogens is 2. The van der Waals surface area contributed by atoms with Crippen LogP contribution < -0.4 is 0 Å². The van der Waals surface area contributed by atoms with Crippen molar-refractivity contribution < 1.29 is 9.90 Å². The summed E-state index contributed by atoms with van der Waals surface area (Å²) in [7, 11) is 0. The van der Waals surface area contributed by atoms with Gasteiger partial charge in [0.15, 0.2) is 11.5 Å². The van der Waals surface area contributed by atoms with Crippen LogP contribution in [0.2, 0.25) is 10.0 Å². The van der Waals surface area contributed by atoms with Crippen LogP contribution in [0, 0.1) is 0 Å². The third kappa shape index (κ3) is 4.03. The minimum atomic E-state index is -1.07. The van der Waals surface area contributed by atoms with Crippen LogP contribution in [0.15, 0.2) is 55.1 Å². The second-order valence-electron chi connectivity index (χ2n) is 3.91. The molecule has 1 N–H and O–H groups in total. The molecule has 3 rings (SSSR count). The van der Waals surface area contributed by atoms with E-state index in [-0.39, 0.29) is 5.69 Å². The number of hydrogen-bond acceptors (Lipinski definition) is 4. The normalized spacial score (nSPS) is 9.73. The van der Waals surface area contributed by atoms with Crippen LogP contribution in [-0.4, -0.2) is 30.8 Å². The van der Waals surface area contributed by atoms with E-state index in [1.54, 1.807) is 36.7 Å². The largest absolute Gasteiger partial charge is 0.477 e. The Morgan fingerprint density at radius 2 is 1.86 bits per heavy atom. The Morgan fingerprint density at radius 1 is 1.09 bits per heavy atom. The van der Waals surface area contributed by atoms with Gasteiger partial charge in [-0.2, -0.15) is 5.10 Å². The van der Waals surface area contributed by atoms with Gasteiger partial charge in [0, 0.05) is 18.6 Å². The molecule has 3 aromatic rings. The van der Waals surface area contributed by atoms with E-state index >= 15 is 0 Å². The van der Waals surface area contributed by atoms with Crippen LogP contribution >= 0.6 is 23.2 Å². The Kier molecular flexibility index (Phi) is 5.46. The van der Waals surface area contributed by atoms with Crippen LogP contribution in [0.3, 0.4) is 0 Å². The summed E-state index contributed by atoms with van der Waals surface area (Å²) in [5, 5.41) is 13.8. The van der Waals surface area contributed by atoms with Gasteiger partial charge in [0.25, 0.3) is 0 Å². The van der Waals surface area contributed by atoms with Gasteiger partial charge >= 0.3 is 5.97 Å². The van der Waals surface area contributed by atoms with Crippen LogP contribution in [0.5, 0.6) is 0 Å². The lowest BCUT2D eigenvalue weighted by molar-refractivity contribution is 0.0687. The Labute approximate surface area is 136 Å². The molecule has 3 heterocycles. The zero-order chi connectivity index (χ0) is 15.9. The van der Waals surface area contributed by atoms with Crippen molar-refractivity contribution in [3.05, 3.63) is 70.9 Å². The van der Waals surface area contributed by atoms with Gasteiger partial charge in [-0.3, -0.25) is 4.98 Å². The van der Waals surface area contributed by atoms with Crippen molar-refractivity contribution in [2.75, 3.05) is 0 Å². The maximum absolute atomic E-state index is 10.8. The molecule has 0 unspecified atom stereocenters. The van der Waals surface area contributed by atoms with Gasteiger partial charge in [-0.15, -0.1) is 0 Å². The molecule has 0 fully saturated rings. The topological polar surface area (TPSA) is 80.9 Å². The van der Waals surface area contributed by atoms with E-state index in [4.69, 9.17) is 28.3 Å². The molecule has 0 radical (unpaired) electrons. The van der Waals surface area contributed by atoms with Gasteiger partial charge in [0.1, 0.15) is 0 Å². The molecule has 8 heteroatoms. The lowest BCUT2D eigenvalue weighted by Crippen LogP contribution is -2.09. The number of rotatable bonds is 2. The highest BCUT2D eigenvalue weighted by Gasteiger charge is 2.14. The van der Waals surface area contributed by atoms with Crippen LogP contribution in [0.4, 0.5) is 0 Å². The fourth-order valence-corrected chi connectivity index (χ4v) is 1.84. The predicted octanol–water partition coefficient (Wildman–Crippen LogP) is 3.35. The lowest BCUT2D eigenvalue weighted by atomic mass is 10.4. The van der Waals surface area contributed by atoms with Crippen molar-refractivity contribution >= 4 is 29.2 Å². The molecule has 0 aromatic carbocycles. The minimum absolute atomic E-state index is 0.0237. The van der Waals surface area contributed by atoms with Crippen molar-refractivity contribution in [2.24, 2.45) is 0 Å². The Morgan fingerprint density at radius 3 is 2.41 bits per heavy atom. The summed E-state index contributed by atoms with van der Waals surface area (Å²) >= 11 is 11.4. The van der Waals surface area contributed by atoms with Crippen molar-refractivity contribution in [1.82, 2.24) is 19.7 Å². The second kappa shape index (κ2) is 7.53. The summed E-state index contributed by atoms with van der Waals surface area (Å²) < 4.78 is 1.19. The van der Waals surface area contributed by atoms with Crippen molar-refractivity contribution in [1.29, 1.82) is 0 Å². The summed E-state index contributed by atoms with van der Waals surface area (Å²) in [6.45, 7) is 0. The highest BCUT2D eigenvalue weighted by Crippen LogP contribution is 2.17. The van der Waals surface area contributed by atoms with E-state index in [1.807, 2.05) is 0 Å². The van der Waals surface area contributed by atoms with Gasteiger partial charge in [0.2, 0.25) is 0 Å². The van der Waals surface area contributed by atoms with Crippen molar-refractivity contribution in [2.45, 2.75) is 0 Å². The van der Waals surface area contributed by atoms with Crippen molar-refractivity contribution in [3.8, 4) is 5.82 Å². The summed E-state index contributed by atoms with van der Waals surface area (Å²) in [4.78, 5) is 18.6. The quantitative estimate of drug-likeness (QED) is 0.775. The molecule has 0 aliphatic heterocycles. The molecular weight excluding hydrogens is 327 g/mol. The summed E-state index contributed by atoms with van der Waals surface area (Å²) in [5.74, 6) is -0.768. The average molecular weight is 337 g/mol.